The van der Waals surface area contributed by atoms with Gasteiger partial charge in [-0.1, -0.05) is 57.9 Å². The number of aliphatic hydroxyl groups excluding tert-OH is 1. The van der Waals surface area contributed by atoms with Gasteiger partial charge in [0.1, 0.15) is 0 Å². The second-order valence-electron chi connectivity index (χ2n) is 4.67. The molecule has 0 saturated heterocycles. The lowest BCUT2D eigenvalue weighted by Gasteiger charge is -2.31. The Balaban J connectivity index is 2.73. The summed E-state index contributed by atoms with van der Waals surface area (Å²) in [6.45, 7) is 6.35. The van der Waals surface area contributed by atoms with E-state index in [0.717, 1.165) is 19.3 Å². The molecule has 0 saturated carbocycles. The van der Waals surface area contributed by atoms with Crippen LogP contribution >= 0.6 is 0 Å². The summed E-state index contributed by atoms with van der Waals surface area (Å²) < 4.78 is 0. The average molecular weight is 205 g/mol. The van der Waals surface area contributed by atoms with Crippen LogP contribution in [0.2, 0.25) is 0 Å². The lowest BCUT2D eigenvalue weighted by molar-refractivity contribution is 0.0890. The molecular weight excluding hydrogens is 184 g/mol. The van der Waals surface area contributed by atoms with Crippen LogP contribution in [-0.2, 0) is 5.41 Å². The van der Waals surface area contributed by atoms with Crippen LogP contribution in [0.3, 0.4) is 0 Å². The van der Waals surface area contributed by atoms with Gasteiger partial charge < -0.3 is 5.11 Å². The van der Waals surface area contributed by atoms with Crippen LogP contribution in [0.4, 0.5) is 0 Å². The quantitative estimate of drug-likeness (QED) is 0.782. The van der Waals surface area contributed by atoms with Crippen molar-refractivity contribution in [3.8, 4) is 0 Å². The zero-order chi connectivity index (χ0) is 11.3. The van der Waals surface area contributed by atoms with E-state index >= 15 is 0 Å². The second-order valence-corrected chi connectivity index (χ2v) is 4.67. The van der Waals surface area contributed by atoms with Crippen molar-refractivity contribution in [2.45, 2.75) is 51.6 Å². The summed E-state index contributed by atoms with van der Waals surface area (Å²) in [4.78, 5) is 0. The van der Waals surface area contributed by atoms with E-state index in [9.17, 15) is 5.11 Å². The van der Waals surface area contributed by atoms with Gasteiger partial charge in [-0.15, -0.1) is 0 Å². The third-order valence-corrected chi connectivity index (χ3v) is 3.13. The van der Waals surface area contributed by atoms with E-state index < -0.39 is 0 Å². The molecule has 0 aromatic heterocycles. The summed E-state index contributed by atoms with van der Waals surface area (Å²) in [6, 6.07) is 10.9. The van der Waals surface area contributed by atoms with Gasteiger partial charge >= 0.3 is 0 Å². The first-order valence-corrected chi connectivity index (χ1v) is 5.73. The van der Waals surface area contributed by atoms with Gasteiger partial charge in [0.15, 0.2) is 0 Å². The van der Waals surface area contributed by atoms with Gasteiger partial charge in [-0.2, -0.15) is 0 Å². The minimum Gasteiger partial charge on any atom is -0.392 e. The number of hydrogen-bond acceptors (Lipinski definition) is 1. The van der Waals surface area contributed by atoms with Gasteiger partial charge in [-0.25, -0.2) is 0 Å². The number of unbranched alkanes of at least 4 members (excludes halogenated alkanes) is 1. The molecule has 0 aliphatic carbocycles. The summed E-state index contributed by atoms with van der Waals surface area (Å²) in [7, 11) is 0. The smallest absolute Gasteiger partial charge is 0.0631 e. The first kappa shape index (κ1) is 12.3. The van der Waals surface area contributed by atoms with Crippen molar-refractivity contribution >= 4 is 0 Å². The Morgan fingerprint density at radius 1 is 1.33 bits per heavy atom. The maximum absolute atomic E-state index is 10.2. The molecule has 0 fully saturated rings. The molecule has 0 amide bonds. The average Bonchev–Trinajstić information content (AvgIpc) is 2.27. The molecule has 0 aliphatic heterocycles. The van der Waals surface area contributed by atoms with E-state index in [4.69, 9.17) is 0 Å². The van der Waals surface area contributed by atoms with E-state index in [2.05, 4.69) is 26.8 Å². The lowest BCUT2D eigenvalue weighted by Crippen LogP contribution is -2.33. The summed E-state index contributed by atoms with van der Waals surface area (Å²) in [5, 5.41) is 10.2. The van der Waals surface area contributed by atoms with Crippen LogP contribution in [-0.4, -0.2) is 11.2 Å². The fourth-order valence-corrected chi connectivity index (χ4v) is 1.77. The van der Waals surface area contributed by atoms with Crippen LogP contribution in [0.1, 0.15) is 45.6 Å². The monoisotopic (exact) mass is 205 g/mol. The van der Waals surface area contributed by atoms with Crippen LogP contribution in [0.15, 0.2) is 24.3 Å². The molecule has 0 spiro atoms. The van der Waals surface area contributed by atoms with Crippen molar-refractivity contribution in [3.05, 3.63) is 35.9 Å². The van der Waals surface area contributed by atoms with Gasteiger partial charge in [-0.05, 0) is 18.1 Å². The second kappa shape index (κ2) is 5.32. The summed E-state index contributed by atoms with van der Waals surface area (Å²) >= 11 is 0. The molecule has 1 heteroatoms. The predicted octanol–water partition coefficient (Wildman–Crippen LogP) is 3.32. The largest absolute Gasteiger partial charge is 0.392 e. The molecule has 1 aromatic carbocycles. The molecule has 1 rings (SSSR count). The Labute approximate surface area is 93.1 Å². The molecule has 1 nitrogen and oxygen atoms in total. The normalized spacial score (nSPS) is 13.9. The minimum atomic E-state index is -0.264. The first-order chi connectivity index (χ1) is 7.09. The van der Waals surface area contributed by atoms with E-state index in [1.54, 1.807) is 0 Å². The predicted molar refractivity (Wildman–Crippen MR) is 63.8 cm³/mol. The van der Waals surface area contributed by atoms with Gasteiger partial charge in [-0.3, -0.25) is 0 Å². The molecule has 1 N–H and O–H groups in total. The molecule has 0 heterocycles. The number of benzene rings is 1. The van der Waals surface area contributed by atoms with E-state index in [1.165, 1.54) is 5.56 Å². The number of hydrogen-bond donors (Lipinski definition) is 1. The van der Waals surface area contributed by atoms with Crippen LogP contribution in [0.5, 0.6) is 0 Å². The molecule has 83 valence electrons. The van der Waals surface area contributed by atoms with Crippen LogP contribution in [0, 0.1) is 6.07 Å². The molecular formula is C14H21O. The van der Waals surface area contributed by atoms with Crippen molar-refractivity contribution in [2.24, 2.45) is 0 Å². The molecule has 1 atom stereocenters. The highest BCUT2D eigenvalue weighted by molar-refractivity contribution is 5.24. The van der Waals surface area contributed by atoms with E-state index in [0.29, 0.717) is 0 Å². The number of rotatable bonds is 5. The maximum atomic E-state index is 10.2. The van der Waals surface area contributed by atoms with Crippen LogP contribution in [0.25, 0.3) is 0 Å². The van der Waals surface area contributed by atoms with E-state index in [1.807, 2.05) is 24.3 Å². The fourth-order valence-electron chi connectivity index (χ4n) is 1.77. The van der Waals surface area contributed by atoms with Crippen molar-refractivity contribution in [1.29, 1.82) is 0 Å². The highest BCUT2D eigenvalue weighted by atomic mass is 16.3. The zero-order valence-corrected chi connectivity index (χ0v) is 9.96. The summed E-state index contributed by atoms with van der Waals surface area (Å²) in [6.07, 6.45) is 2.83. The van der Waals surface area contributed by atoms with Gasteiger partial charge in [0.2, 0.25) is 0 Å². The maximum Gasteiger partial charge on any atom is 0.0631 e. The number of aliphatic hydroxyl groups is 1. The Morgan fingerprint density at radius 2 is 1.93 bits per heavy atom. The van der Waals surface area contributed by atoms with Crippen molar-refractivity contribution in [2.75, 3.05) is 0 Å². The summed E-state index contributed by atoms with van der Waals surface area (Å²) in [5.74, 6) is 0. The Morgan fingerprint density at radius 3 is 2.47 bits per heavy atom. The van der Waals surface area contributed by atoms with E-state index in [-0.39, 0.29) is 11.5 Å². The van der Waals surface area contributed by atoms with Crippen molar-refractivity contribution in [1.82, 2.24) is 0 Å². The first-order valence-electron chi connectivity index (χ1n) is 5.73. The Hall–Kier alpha value is -0.820. The highest BCUT2D eigenvalue weighted by Gasteiger charge is 2.28. The molecule has 1 unspecified atom stereocenters. The van der Waals surface area contributed by atoms with Crippen molar-refractivity contribution < 1.29 is 5.11 Å². The van der Waals surface area contributed by atoms with Gasteiger partial charge in [0, 0.05) is 5.41 Å². The Kier molecular flexibility index (Phi) is 4.34. The zero-order valence-electron chi connectivity index (χ0n) is 9.96. The lowest BCUT2D eigenvalue weighted by atomic mass is 9.77. The molecule has 0 bridgehead atoms. The molecule has 15 heavy (non-hydrogen) atoms. The SMILES string of the molecule is CCCCC(O)C(C)(C)c1cc[c]cc1. The highest BCUT2D eigenvalue weighted by Crippen LogP contribution is 2.29. The van der Waals surface area contributed by atoms with Crippen molar-refractivity contribution in [3.63, 3.8) is 0 Å². The molecule has 1 radical (unpaired) electrons. The topological polar surface area (TPSA) is 20.2 Å². The van der Waals surface area contributed by atoms with Gasteiger partial charge in [0.25, 0.3) is 0 Å². The molecule has 1 aromatic rings. The standard InChI is InChI=1S/C14H21O/c1-4-5-11-13(15)14(2,3)12-9-7-6-8-10-12/h7-10,13,15H,4-5,11H2,1-3H3. The minimum absolute atomic E-state index is 0.162. The third kappa shape index (κ3) is 3.07. The van der Waals surface area contributed by atoms with Crippen LogP contribution < -0.4 is 0 Å². The Bertz CT molecular complexity index is 277. The molecule has 0 aliphatic rings. The summed E-state index contributed by atoms with van der Waals surface area (Å²) in [5.41, 5.74) is 1.02. The van der Waals surface area contributed by atoms with Gasteiger partial charge in [0.05, 0.1) is 6.10 Å². The fraction of sp³-hybridized carbons (Fsp3) is 0.571. The third-order valence-electron chi connectivity index (χ3n) is 3.13.